The maximum atomic E-state index is 10.8. The molecule has 1 aromatic carbocycles. The van der Waals surface area contributed by atoms with Crippen LogP contribution in [0.1, 0.15) is 30.4 Å². The number of likely N-dealkylation sites (N-methyl/N-ethyl adjacent to an activating group) is 1. The Morgan fingerprint density at radius 2 is 1.76 bits per heavy atom. The predicted molar refractivity (Wildman–Crippen MR) is 146 cm³/mol. The summed E-state index contributed by atoms with van der Waals surface area (Å²) in [4.78, 5) is 35.4. The van der Waals surface area contributed by atoms with Crippen molar-refractivity contribution in [2.24, 2.45) is 5.92 Å². The number of benzene rings is 1. The fourth-order valence-electron chi connectivity index (χ4n) is 7.17. The summed E-state index contributed by atoms with van der Waals surface area (Å²) in [6.45, 7) is 6.13. The van der Waals surface area contributed by atoms with Gasteiger partial charge in [0.15, 0.2) is 17.1 Å². The number of carboxylic acids is 3. The summed E-state index contributed by atoms with van der Waals surface area (Å²) in [6, 6.07) is 4.80. The van der Waals surface area contributed by atoms with Gasteiger partial charge in [-0.3, -0.25) is 14.5 Å². The number of carbonyl (C=O) groups is 3. The summed E-state index contributed by atoms with van der Waals surface area (Å²) in [7, 11) is 2.23. The van der Waals surface area contributed by atoms with Gasteiger partial charge >= 0.3 is 17.9 Å². The van der Waals surface area contributed by atoms with E-state index in [2.05, 4.69) is 35.1 Å². The van der Waals surface area contributed by atoms with Crippen LogP contribution in [0.2, 0.25) is 0 Å². The molecule has 0 aromatic heterocycles. The van der Waals surface area contributed by atoms with Gasteiger partial charge in [-0.2, -0.15) is 0 Å². The van der Waals surface area contributed by atoms with Gasteiger partial charge in [-0.25, -0.2) is 4.79 Å². The van der Waals surface area contributed by atoms with Gasteiger partial charge in [-0.1, -0.05) is 18.2 Å². The number of rotatable bonds is 9. The van der Waals surface area contributed by atoms with Crippen molar-refractivity contribution in [2.75, 3.05) is 53.0 Å². The molecule has 13 heteroatoms. The summed E-state index contributed by atoms with van der Waals surface area (Å²) < 4.78 is 18.2. The first-order valence-corrected chi connectivity index (χ1v) is 14.2. The van der Waals surface area contributed by atoms with Crippen molar-refractivity contribution in [3.8, 4) is 11.5 Å². The number of hydrogen-bond acceptors (Lipinski definition) is 10. The van der Waals surface area contributed by atoms with Gasteiger partial charge in [0.2, 0.25) is 0 Å². The summed E-state index contributed by atoms with van der Waals surface area (Å²) in [5, 5.41) is 44.6. The SMILES string of the molecule is CN1CC[C@]23c4c5ccc(OCCN6CCOCC6)c4O[C@H]2[C@@H](O)C=C[C@H]3[C@H]1C5.O=C(O)CC(O)(CC(=O)O)C(=O)O. The lowest BCUT2D eigenvalue weighted by atomic mass is 9.53. The van der Waals surface area contributed by atoms with Crippen molar-refractivity contribution in [1.29, 1.82) is 0 Å². The third kappa shape index (κ3) is 5.47. The quantitative estimate of drug-likeness (QED) is 0.241. The number of ether oxygens (including phenoxy) is 3. The Morgan fingerprint density at radius 1 is 1.07 bits per heavy atom. The van der Waals surface area contributed by atoms with Crippen LogP contribution in [-0.4, -0.2) is 130 Å². The first kappa shape index (κ1) is 30.2. The average molecular weight is 591 g/mol. The Morgan fingerprint density at radius 3 is 2.40 bits per heavy atom. The highest BCUT2D eigenvalue weighted by molar-refractivity contribution is 5.88. The third-order valence-corrected chi connectivity index (χ3v) is 9.19. The van der Waals surface area contributed by atoms with Crippen LogP contribution < -0.4 is 9.47 Å². The van der Waals surface area contributed by atoms with Crippen LogP contribution in [0.5, 0.6) is 11.5 Å². The van der Waals surface area contributed by atoms with Gasteiger partial charge in [0.05, 0.1) is 26.1 Å². The number of likely N-dealkylation sites (tertiary alicyclic amines) is 1. The summed E-state index contributed by atoms with van der Waals surface area (Å²) in [6.07, 6.45) is 3.22. The first-order chi connectivity index (χ1) is 20.0. The number of aliphatic hydroxyl groups excluding tert-OH is 1. The van der Waals surface area contributed by atoms with Gasteiger partial charge in [0, 0.05) is 42.6 Å². The fourth-order valence-corrected chi connectivity index (χ4v) is 7.17. The number of morpholine rings is 1. The maximum Gasteiger partial charge on any atom is 0.336 e. The van der Waals surface area contributed by atoms with E-state index < -0.39 is 42.5 Å². The molecule has 3 aliphatic heterocycles. The second-order valence-electron chi connectivity index (χ2n) is 11.7. The minimum Gasteiger partial charge on any atom is -0.488 e. The molecule has 0 saturated carbocycles. The molecule has 230 valence electrons. The summed E-state index contributed by atoms with van der Waals surface area (Å²) in [5.74, 6) is -2.89. The first-order valence-electron chi connectivity index (χ1n) is 14.2. The van der Waals surface area contributed by atoms with Gasteiger partial charge in [0.25, 0.3) is 0 Å². The van der Waals surface area contributed by atoms with Gasteiger partial charge in [0.1, 0.15) is 18.8 Å². The highest BCUT2D eigenvalue weighted by atomic mass is 16.5. The Bertz CT molecular complexity index is 1230. The van der Waals surface area contributed by atoms with Crippen molar-refractivity contribution in [1.82, 2.24) is 9.80 Å². The van der Waals surface area contributed by atoms with E-state index in [1.165, 1.54) is 11.1 Å². The van der Waals surface area contributed by atoms with E-state index in [1.54, 1.807) is 0 Å². The van der Waals surface area contributed by atoms with E-state index in [1.807, 2.05) is 6.08 Å². The number of piperidine rings is 1. The lowest BCUT2D eigenvalue weighted by Gasteiger charge is -2.56. The van der Waals surface area contributed by atoms with E-state index >= 15 is 0 Å². The van der Waals surface area contributed by atoms with E-state index in [-0.39, 0.29) is 11.5 Å². The van der Waals surface area contributed by atoms with E-state index in [9.17, 15) is 19.5 Å². The van der Waals surface area contributed by atoms with Gasteiger partial charge < -0.3 is 44.6 Å². The number of nitrogens with zero attached hydrogens (tertiary/aromatic N) is 2. The topological polar surface area (TPSA) is 187 Å². The maximum absolute atomic E-state index is 10.8. The number of aliphatic hydroxyl groups is 2. The second kappa shape index (κ2) is 11.8. The Labute approximate surface area is 242 Å². The molecular formula is C29H38N2O11. The standard InChI is InChI=1S/C23H30N2O4.C6H8O7/c1-24-7-6-23-16-3-4-18(26)22(23)29-21-19(5-2-15(20(21)23)14-17(16)24)28-13-10-25-8-11-27-12-9-25;7-3(8)1-6(13,5(11)12)2-4(9)10/h2-5,16-18,22,26H,6-14H2,1H3;13H,1-2H2,(H,7,8)(H,9,10)(H,11,12)/t16-,17+,18-,22-,23-;/m0./s1. The molecule has 0 unspecified atom stereocenters. The molecule has 0 radical (unpaired) electrons. The summed E-state index contributed by atoms with van der Waals surface area (Å²) in [5.41, 5.74) is -0.155. The van der Waals surface area contributed by atoms with E-state index in [0.29, 0.717) is 18.6 Å². The molecule has 0 amide bonds. The summed E-state index contributed by atoms with van der Waals surface area (Å²) >= 11 is 0. The molecule has 3 heterocycles. The van der Waals surface area contributed by atoms with Crippen molar-refractivity contribution >= 4 is 17.9 Å². The van der Waals surface area contributed by atoms with Crippen LogP contribution in [0.15, 0.2) is 24.3 Å². The molecule has 2 bridgehead atoms. The zero-order chi connectivity index (χ0) is 30.2. The molecule has 5 N–H and O–H groups in total. The second-order valence-corrected chi connectivity index (χ2v) is 11.7. The molecule has 42 heavy (non-hydrogen) atoms. The smallest absolute Gasteiger partial charge is 0.336 e. The van der Waals surface area contributed by atoms with Crippen LogP contribution >= 0.6 is 0 Å². The minimum atomic E-state index is -2.74. The predicted octanol–water partition coefficient (Wildman–Crippen LogP) is -0.0450. The van der Waals surface area contributed by atoms with Crippen LogP contribution in [0.25, 0.3) is 0 Å². The molecule has 5 atom stereocenters. The molecule has 2 fully saturated rings. The number of hydrogen-bond donors (Lipinski definition) is 5. The van der Waals surface area contributed by atoms with Gasteiger partial charge in [-0.05, 0) is 38.1 Å². The van der Waals surface area contributed by atoms with Crippen LogP contribution in [-0.2, 0) is 31.0 Å². The van der Waals surface area contributed by atoms with Crippen molar-refractivity contribution in [3.63, 3.8) is 0 Å². The molecule has 1 spiro atoms. The van der Waals surface area contributed by atoms with Crippen molar-refractivity contribution < 1.29 is 54.1 Å². The monoisotopic (exact) mass is 590 g/mol. The molecular weight excluding hydrogens is 552 g/mol. The lowest BCUT2D eigenvalue weighted by Crippen LogP contribution is -2.64. The molecule has 6 rings (SSSR count). The van der Waals surface area contributed by atoms with Crippen molar-refractivity contribution in [2.45, 2.75) is 54.9 Å². The highest BCUT2D eigenvalue weighted by Gasteiger charge is 2.64. The molecule has 5 aliphatic rings. The molecule has 2 aliphatic carbocycles. The van der Waals surface area contributed by atoms with Crippen LogP contribution in [0.3, 0.4) is 0 Å². The third-order valence-electron chi connectivity index (χ3n) is 9.19. The Hall–Kier alpha value is -3.23. The van der Waals surface area contributed by atoms with Gasteiger partial charge in [-0.15, -0.1) is 0 Å². The minimum absolute atomic E-state index is 0.113. The molecule has 2 saturated heterocycles. The molecule has 1 aromatic rings. The Kier molecular flexibility index (Phi) is 8.50. The normalized spacial score (nSPS) is 29.5. The lowest BCUT2D eigenvalue weighted by molar-refractivity contribution is -0.170. The van der Waals surface area contributed by atoms with E-state index in [0.717, 1.165) is 63.7 Å². The Balaban J connectivity index is 0.000000232. The average Bonchev–Trinajstić information content (AvgIpc) is 3.28. The number of carboxylic acid groups (broad SMARTS) is 3. The fraction of sp³-hybridized carbons (Fsp3) is 0.621. The largest absolute Gasteiger partial charge is 0.488 e. The van der Waals surface area contributed by atoms with E-state index in [4.69, 9.17) is 34.6 Å². The number of aliphatic carboxylic acids is 3. The van der Waals surface area contributed by atoms with Crippen molar-refractivity contribution in [3.05, 3.63) is 35.4 Å². The van der Waals surface area contributed by atoms with Crippen LogP contribution in [0, 0.1) is 5.92 Å². The zero-order valence-electron chi connectivity index (χ0n) is 23.5. The zero-order valence-corrected chi connectivity index (χ0v) is 23.5. The molecule has 13 nitrogen and oxygen atoms in total. The van der Waals surface area contributed by atoms with Crippen LogP contribution in [0.4, 0.5) is 0 Å². The highest BCUT2D eigenvalue weighted by Crippen LogP contribution is 2.62.